The molecule has 0 radical (unpaired) electrons. The van der Waals surface area contributed by atoms with E-state index in [4.69, 9.17) is 16.3 Å². The summed E-state index contributed by atoms with van der Waals surface area (Å²) in [6, 6.07) is 24.2. The Morgan fingerprint density at radius 1 is 0.969 bits per heavy atom. The van der Waals surface area contributed by atoms with E-state index in [0.717, 1.165) is 21.4 Å². The van der Waals surface area contributed by atoms with E-state index in [1.165, 1.54) is 17.6 Å². The van der Waals surface area contributed by atoms with Crippen molar-refractivity contribution in [1.29, 1.82) is 0 Å². The lowest BCUT2D eigenvalue weighted by Gasteiger charge is -2.06. The molecule has 0 saturated heterocycles. The van der Waals surface area contributed by atoms with Gasteiger partial charge in [-0.1, -0.05) is 60.1 Å². The van der Waals surface area contributed by atoms with Gasteiger partial charge in [0.1, 0.15) is 16.4 Å². The number of rotatable bonds is 7. The number of halogens is 1. The first-order chi connectivity index (χ1) is 15.6. The van der Waals surface area contributed by atoms with Crippen LogP contribution in [0.2, 0.25) is 5.02 Å². The van der Waals surface area contributed by atoms with Gasteiger partial charge in [-0.3, -0.25) is 9.59 Å². The number of nitrogens with zero attached hydrogens (tertiary/aromatic N) is 1. The Labute approximate surface area is 193 Å². The van der Waals surface area contributed by atoms with E-state index < -0.39 is 11.8 Å². The van der Waals surface area contributed by atoms with Crippen LogP contribution in [0.25, 0.3) is 10.1 Å². The number of para-hydroxylation sites is 1. The van der Waals surface area contributed by atoms with Gasteiger partial charge in [0.25, 0.3) is 11.8 Å². The lowest BCUT2D eigenvalue weighted by atomic mass is 10.2. The largest absolute Gasteiger partial charge is 0.457 e. The average Bonchev–Trinajstić information content (AvgIpc) is 3.15. The molecule has 4 aromatic rings. The zero-order valence-corrected chi connectivity index (χ0v) is 18.3. The van der Waals surface area contributed by atoms with Crippen LogP contribution in [0.15, 0.2) is 84.0 Å². The first-order valence-corrected chi connectivity index (χ1v) is 10.9. The number of benzene rings is 3. The van der Waals surface area contributed by atoms with Crippen molar-refractivity contribution in [3.8, 4) is 11.5 Å². The highest BCUT2D eigenvalue weighted by atomic mass is 35.5. The number of amides is 2. The molecule has 4 rings (SSSR count). The SMILES string of the molecule is O=C(CNC(=O)c1sc2ccccc2c1Cl)NN=Cc1cccc(Oc2ccccc2)c1. The third-order valence-electron chi connectivity index (χ3n) is 4.39. The highest BCUT2D eigenvalue weighted by Gasteiger charge is 2.17. The van der Waals surface area contributed by atoms with Crippen LogP contribution in [0.1, 0.15) is 15.2 Å². The summed E-state index contributed by atoms with van der Waals surface area (Å²) in [4.78, 5) is 24.8. The summed E-state index contributed by atoms with van der Waals surface area (Å²) < 4.78 is 6.69. The molecule has 32 heavy (non-hydrogen) atoms. The standard InChI is InChI=1S/C24H18ClN3O3S/c25-22-19-11-4-5-12-20(19)32-23(22)24(30)26-15-21(29)28-27-14-16-7-6-10-18(13-16)31-17-8-2-1-3-9-17/h1-14H,15H2,(H,26,30)(H,28,29). The molecule has 2 N–H and O–H groups in total. The lowest BCUT2D eigenvalue weighted by Crippen LogP contribution is -2.34. The average molecular weight is 464 g/mol. The van der Waals surface area contributed by atoms with Crippen LogP contribution in [-0.2, 0) is 4.79 Å². The Morgan fingerprint density at radius 3 is 2.53 bits per heavy atom. The molecular weight excluding hydrogens is 446 g/mol. The molecule has 0 fully saturated rings. The van der Waals surface area contributed by atoms with Gasteiger partial charge in [-0.25, -0.2) is 5.43 Å². The predicted molar refractivity (Wildman–Crippen MR) is 128 cm³/mol. The van der Waals surface area contributed by atoms with Gasteiger partial charge in [0, 0.05) is 10.1 Å². The number of thiophene rings is 1. The fourth-order valence-corrected chi connectivity index (χ4v) is 4.34. The van der Waals surface area contributed by atoms with Crippen molar-refractivity contribution in [2.75, 3.05) is 6.54 Å². The second kappa shape index (κ2) is 10.1. The number of fused-ring (bicyclic) bond motifs is 1. The molecule has 3 aromatic carbocycles. The van der Waals surface area contributed by atoms with Crippen LogP contribution in [0.4, 0.5) is 0 Å². The highest BCUT2D eigenvalue weighted by Crippen LogP contribution is 2.34. The fourth-order valence-electron chi connectivity index (χ4n) is 2.90. The van der Waals surface area contributed by atoms with E-state index in [9.17, 15) is 9.59 Å². The summed E-state index contributed by atoms with van der Waals surface area (Å²) in [5.41, 5.74) is 3.14. The van der Waals surface area contributed by atoms with Gasteiger partial charge < -0.3 is 10.1 Å². The summed E-state index contributed by atoms with van der Waals surface area (Å²) in [6.45, 7) is -0.224. The summed E-state index contributed by atoms with van der Waals surface area (Å²) in [7, 11) is 0. The number of ether oxygens (including phenoxy) is 1. The summed E-state index contributed by atoms with van der Waals surface area (Å²) in [5.74, 6) is 0.521. The maximum absolute atomic E-state index is 12.4. The van der Waals surface area contributed by atoms with Gasteiger partial charge in [0.2, 0.25) is 0 Å². The summed E-state index contributed by atoms with van der Waals surface area (Å²) in [6.07, 6.45) is 1.50. The van der Waals surface area contributed by atoms with Crippen LogP contribution in [-0.4, -0.2) is 24.6 Å². The Hall–Kier alpha value is -3.68. The minimum Gasteiger partial charge on any atom is -0.457 e. The van der Waals surface area contributed by atoms with Gasteiger partial charge in [-0.15, -0.1) is 11.3 Å². The van der Waals surface area contributed by atoms with E-state index in [-0.39, 0.29) is 6.54 Å². The van der Waals surface area contributed by atoms with Crippen molar-refractivity contribution < 1.29 is 14.3 Å². The Balaban J connectivity index is 1.29. The van der Waals surface area contributed by atoms with Gasteiger partial charge in [-0.2, -0.15) is 5.10 Å². The molecule has 0 aliphatic carbocycles. The molecule has 0 aliphatic heterocycles. The molecule has 6 nitrogen and oxygen atoms in total. The van der Waals surface area contributed by atoms with E-state index in [0.29, 0.717) is 15.6 Å². The zero-order chi connectivity index (χ0) is 22.3. The molecule has 160 valence electrons. The monoisotopic (exact) mass is 463 g/mol. The van der Waals surface area contributed by atoms with Gasteiger partial charge in [-0.05, 0) is 35.9 Å². The Morgan fingerprint density at radius 2 is 1.72 bits per heavy atom. The summed E-state index contributed by atoms with van der Waals surface area (Å²) >= 11 is 7.58. The Kier molecular flexibility index (Phi) is 6.79. The molecule has 0 unspecified atom stereocenters. The van der Waals surface area contributed by atoms with Crippen molar-refractivity contribution >= 4 is 51.1 Å². The highest BCUT2D eigenvalue weighted by molar-refractivity contribution is 7.21. The molecule has 1 aromatic heterocycles. The predicted octanol–water partition coefficient (Wildman–Crippen LogP) is 5.23. The molecule has 0 spiro atoms. The van der Waals surface area contributed by atoms with Crippen molar-refractivity contribution in [2.45, 2.75) is 0 Å². The van der Waals surface area contributed by atoms with E-state index in [1.54, 1.807) is 6.07 Å². The molecule has 1 heterocycles. The van der Waals surface area contributed by atoms with Crippen molar-refractivity contribution in [1.82, 2.24) is 10.7 Å². The zero-order valence-electron chi connectivity index (χ0n) is 16.7. The minimum absolute atomic E-state index is 0.224. The third-order valence-corrected chi connectivity index (χ3v) is 6.06. The fraction of sp³-hybridized carbons (Fsp3) is 0.0417. The second-order valence-corrected chi connectivity index (χ2v) is 8.13. The Bertz CT molecular complexity index is 1290. The molecule has 0 aliphatic rings. The van der Waals surface area contributed by atoms with E-state index >= 15 is 0 Å². The van der Waals surface area contributed by atoms with E-state index in [1.807, 2.05) is 72.8 Å². The van der Waals surface area contributed by atoms with Crippen LogP contribution >= 0.6 is 22.9 Å². The first kappa shape index (κ1) is 21.5. The van der Waals surface area contributed by atoms with Crippen LogP contribution in [0, 0.1) is 0 Å². The number of hydrogen-bond acceptors (Lipinski definition) is 5. The van der Waals surface area contributed by atoms with Crippen LogP contribution < -0.4 is 15.5 Å². The molecule has 0 saturated carbocycles. The normalized spacial score (nSPS) is 10.9. The number of nitrogens with one attached hydrogen (secondary N) is 2. The lowest BCUT2D eigenvalue weighted by molar-refractivity contribution is -0.120. The number of carbonyl (C=O) groups is 2. The molecule has 8 heteroatoms. The quantitative estimate of drug-likeness (QED) is 0.291. The van der Waals surface area contributed by atoms with Crippen LogP contribution in [0.5, 0.6) is 11.5 Å². The maximum Gasteiger partial charge on any atom is 0.263 e. The maximum atomic E-state index is 12.4. The van der Waals surface area contributed by atoms with E-state index in [2.05, 4.69) is 15.8 Å². The smallest absolute Gasteiger partial charge is 0.263 e. The molecule has 0 atom stereocenters. The number of hydrazone groups is 1. The second-order valence-electron chi connectivity index (χ2n) is 6.70. The number of hydrogen-bond donors (Lipinski definition) is 2. The molecule has 0 bridgehead atoms. The van der Waals surface area contributed by atoms with Gasteiger partial charge >= 0.3 is 0 Å². The van der Waals surface area contributed by atoms with Crippen molar-refractivity contribution in [3.05, 3.63) is 94.3 Å². The summed E-state index contributed by atoms with van der Waals surface area (Å²) in [5, 5.41) is 7.71. The molecule has 2 amide bonds. The third kappa shape index (κ3) is 5.32. The van der Waals surface area contributed by atoms with Gasteiger partial charge in [0.05, 0.1) is 17.8 Å². The minimum atomic E-state index is -0.455. The van der Waals surface area contributed by atoms with Crippen molar-refractivity contribution in [3.63, 3.8) is 0 Å². The van der Waals surface area contributed by atoms with Crippen molar-refractivity contribution in [2.24, 2.45) is 5.10 Å². The van der Waals surface area contributed by atoms with Gasteiger partial charge in [0.15, 0.2) is 0 Å². The molecular formula is C24H18ClN3O3S. The topological polar surface area (TPSA) is 79.8 Å². The number of carbonyl (C=O) groups excluding carboxylic acids is 2. The first-order valence-electron chi connectivity index (χ1n) is 9.70. The van der Waals surface area contributed by atoms with Crippen LogP contribution in [0.3, 0.4) is 0 Å².